The van der Waals surface area contributed by atoms with Crippen LogP contribution in [0.15, 0.2) is 24.3 Å². The number of nitrogens with zero attached hydrogens (tertiary/aromatic N) is 1. The number of carbonyl (C=O) groups is 1. The third kappa shape index (κ3) is 4.95. The van der Waals surface area contributed by atoms with Crippen molar-refractivity contribution >= 4 is 5.91 Å². The Labute approximate surface area is 121 Å². The lowest BCUT2D eigenvalue weighted by molar-refractivity contribution is -0.120. The van der Waals surface area contributed by atoms with Crippen molar-refractivity contribution in [2.75, 3.05) is 26.2 Å². The van der Waals surface area contributed by atoms with E-state index in [9.17, 15) is 18.7 Å². The second-order valence-electron chi connectivity index (χ2n) is 4.86. The first-order valence-electron chi connectivity index (χ1n) is 6.76. The van der Waals surface area contributed by atoms with Crippen molar-refractivity contribution in [1.82, 2.24) is 10.2 Å². The van der Waals surface area contributed by atoms with Gasteiger partial charge in [-0.25, -0.2) is 0 Å². The molecule has 21 heavy (non-hydrogen) atoms. The summed E-state index contributed by atoms with van der Waals surface area (Å²) in [6, 6.07) is 5.92. The van der Waals surface area contributed by atoms with Crippen LogP contribution in [0.5, 0.6) is 5.75 Å². The van der Waals surface area contributed by atoms with E-state index in [-0.39, 0.29) is 11.7 Å². The fourth-order valence-electron chi connectivity index (χ4n) is 2.22. The van der Waals surface area contributed by atoms with Gasteiger partial charge in [-0.05, 0) is 17.7 Å². The molecule has 2 rings (SSSR count). The molecule has 7 heteroatoms. The van der Waals surface area contributed by atoms with Crippen molar-refractivity contribution < 1.29 is 23.4 Å². The first-order valence-corrected chi connectivity index (χ1v) is 6.76. The van der Waals surface area contributed by atoms with Gasteiger partial charge in [-0.3, -0.25) is 9.69 Å². The molecule has 1 aliphatic rings. The number of amides is 1. The molecule has 1 atom stereocenters. The number of aliphatic hydroxyl groups is 1. The van der Waals surface area contributed by atoms with Gasteiger partial charge in [0, 0.05) is 32.6 Å². The molecule has 0 spiro atoms. The summed E-state index contributed by atoms with van der Waals surface area (Å²) in [6.45, 7) is -0.635. The fourth-order valence-corrected chi connectivity index (χ4v) is 2.22. The van der Waals surface area contributed by atoms with Gasteiger partial charge in [-0.1, -0.05) is 12.1 Å². The summed E-state index contributed by atoms with van der Waals surface area (Å²) in [7, 11) is 0. The number of carbonyl (C=O) groups excluding carboxylic acids is 1. The molecule has 1 aromatic rings. The van der Waals surface area contributed by atoms with Gasteiger partial charge in [0.15, 0.2) is 0 Å². The van der Waals surface area contributed by atoms with Gasteiger partial charge in [0.05, 0.1) is 6.10 Å². The molecular formula is C14H18F2N2O3. The van der Waals surface area contributed by atoms with Crippen molar-refractivity contribution in [2.24, 2.45) is 0 Å². The Morgan fingerprint density at radius 2 is 2.00 bits per heavy atom. The molecule has 0 bridgehead atoms. The fraction of sp³-hybridized carbons (Fsp3) is 0.500. The van der Waals surface area contributed by atoms with E-state index < -0.39 is 12.7 Å². The van der Waals surface area contributed by atoms with Crippen LogP contribution >= 0.6 is 0 Å². The number of β-amino-alcohol motifs (C(OH)–C–C–N with tert-alkyl or cyclic N) is 1. The highest BCUT2D eigenvalue weighted by Crippen LogP contribution is 2.20. The quantitative estimate of drug-likeness (QED) is 0.856. The van der Waals surface area contributed by atoms with E-state index in [0.717, 1.165) is 0 Å². The molecule has 5 nitrogen and oxygen atoms in total. The van der Waals surface area contributed by atoms with E-state index in [1.807, 2.05) is 4.90 Å². The third-order valence-corrected chi connectivity index (χ3v) is 3.33. The van der Waals surface area contributed by atoms with Crippen LogP contribution in [0.2, 0.25) is 0 Å². The molecule has 2 N–H and O–H groups in total. The molecule has 0 aromatic heterocycles. The van der Waals surface area contributed by atoms with Crippen LogP contribution in [-0.2, 0) is 4.79 Å². The van der Waals surface area contributed by atoms with Crippen molar-refractivity contribution in [3.63, 3.8) is 0 Å². The normalized spacial score (nSPS) is 18.2. The summed E-state index contributed by atoms with van der Waals surface area (Å²) in [5, 5.41) is 12.9. The average Bonchev–Trinajstić information content (AvgIpc) is 2.64. The summed E-state index contributed by atoms with van der Waals surface area (Å²) in [6.07, 6.45) is -0.327. The lowest BCUT2D eigenvalue weighted by atomic mass is 10.1. The van der Waals surface area contributed by atoms with E-state index in [0.29, 0.717) is 38.2 Å². The minimum atomic E-state index is -2.86. The number of rotatable bonds is 5. The summed E-state index contributed by atoms with van der Waals surface area (Å²) < 4.78 is 28.4. The lowest BCUT2D eigenvalue weighted by Gasteiger charge is -2.22. The molecular weight excluding hydrogens is 282 g/mol. The predicted molar refractivity (Wildman–Crippen MR) is 72.1 cm³/mol. The standard InChI is InChI=1S/C14H18F2N2O3/c15-14(16)21-11-3-1-10(2-4-11)12(19)9-18-7-5-13(20)17-6-8-18/h1-4,12,14,19H,5-9H2,(H,17,20). The van der Waals surface area contributed by atoms with Gasteiger partial charge in [-0.2, -0.15) is 8.78 Å². The summed E-state index contributed by atoms with van der Waals surface area (Å²) in [4.78, 5) is 13.2. The molecule has 1 amide bonds. The van der Waals surface area contributed by atoms with Crippen LogP contribution < -0.4 is 10.1 Å². The zero-order valence-electron chi connectivity index (χ0n) is 11.5. The minimum Gasteiger partial charge on any atom is -0.435 e. The van der Waals surface area contributed by atoms with Crippen molar-refractivity contribution in [2.45, 2.75) is 19.1 Å². The highest BCUT2D eigenvalue weighted by atomic mass is 19.3. The van der Waals surface area contributed by atoms with Gasteiger partial charge < -0.3 is 15.2 Å². The third-order valence-electron chi connectivity index (χ3n) is 3.33. The van der Waals surface area contributed by atoms with E-state index >= 15 is 0 Å². The Morgan fingerprint density at radius 3 is 2.67 bits per heavy atom. The Balaban J connectivity index is 1.90. The number of nitrogens with one attached hydrogen (secondary N) is 1. The number of hydrogen-bond acceptors (Lipinski definition) is 4. The first-order chi connectivity index (χ1) is 10.0. The summed E-state index contributed by atoms with van der Waals surface area (Å²) in [5.74, 6) is 0.0750. The zero-order chi connectivity index (χ0) is 15.2. The minimum absolute atomic E-state index is 0.0143. The zero-order valence-corrected chi connectivity index (χ0v) is 11.5. The average molecular weight is 300 g/mol. The molecule has 1 saturated heterocycles. The number of alkyl halides is 2. The predicted octanol–water partition coefficient (Wildman–Crippen LogP) is 1.14. The SMILES string of the molecule is O=C1CCN(CC(O)c2ccc(OC(F)F)cc2)CCN1. The molecule has 1 aromatic carbocycles. The maximum absolute atomic E-state index is 12.0. The highest BCUT2D eigenvalue weighted by molar-refractivity contribution is 5.76. The molecule has 1 fully saturated rings. The lowest BCUT2D eigenvalue weighted by Crippen LogP contribution is -2.32. The Hall–Kier alpha value is -1.73. The van der Waals surface area contributed by atoms with Crippen LogP contribution in [0.3, 0.4) is 0 Å². The number of halogens is 2. The van der Waals surface area contributed by atoms with E-state index in [2.05, 4.69) is 10.1 Å². The van der Waals surface area contributed by atoms with E-state index in [4.69, 9.17) is 0 Å². The second-order valence-corrected chi connectivity index (χ2v) is 4.86. The summed E-state index contributed by atoms with van der Waals surface area (Å²) in [5.41, 5.74) is 0.625. The highest BCUT2D eigenvalue weighted by Gasteiger charge is 2.17. The second kappa shape index (κ2) is 7.33. The van der Waals surface area contributed by atoms with Crippen molar-refractivity contribution in [3.05, 3.63) is 29.8 Å². The molecule has 0 aliphatic carbocycles. The van der Waals surface area contributed by atoms with Crippen LogP contribution in [0.25, 0.3) is 0 Å². The number of aliphatic hydroxyl groups excluding tert-OH is 1. The molecule has 0 radical (unpaired) electrons. The largest absolute Gasteiger partial charge is 0.435 e. The molecule has 0 saturated carbocycles. The molecule has 1 unspecified atom stereocenters. The van der Waals surface area contributed by atoms with Crippen molar-refractivity contribution in [1.29, 1.82) is 0 Å². The first kappa shape index (κ1) is 15.7. The van der Waals surface area contributed by atoms with Crippen molar-refractivity contribution in [3.8, 4) is 5.75 Å². The van der Waals surface area contributed by atoms with Crippen LogP contribution in [-0.4, -0.2) is 48.7 Å². The van der Waals surface area contributed by atoms with E-state index in [1.165, 1.54) is 12.1 Å². The Kier molecular flexibility index (Phi) is 5.46. The number of benzene rings is 1. The van der Waals surface area contributed by atoms with Gasteiger partial charge in [0.2, 0.25) is 5.91 Å². The maximum Gasteiger partial charge on any atom is 0.387 e. The maximum atomic E-state index is 12.0. The van der Waals surface area contributed by atoms with E-state index in [1.54, 1.807) is 12.1 Å². The van der Waals surface area contributed by atoms with Gasteiger partial charge in [-0.15, -0.1) is 0 Å². The Morgan fingerprint density at radius 1 is 1.29 bits per heavy atom. The molecule has 1 aliphatic heterocycles. The van der Waals surface area contributed by atoms with Crippen LogP contribution in [0.4, 0.5) is 8.78 Å². The van der Waals surface area contributed by atoms with Crippen LogP contribution in [0, 0.1) is 0 Å². The van der Waals surface area contributed by atoms with Gasteiger partial charge in [0.25, 0.3) is 0 Å². The summed E-state index contributed by atoms with van der Waals surface area (Å²) >= 11 is 0. The van der Waals surface area contributed by atoms with Gasteiger partial charge in [0.1, 0.15) is 5.75 Å². The Bertz CT molecular complexity index is 468. The van der Waals surface area contributed by atoms with Gasteiger partial charge >= 0.3 is 6.61 Å². The smallest absolute Gasteiger partial charge is 0.387 e. The number of ether oxygens (including phenoxy) is 1. The topological polar surface area (TPSA) is 61.8 Å². The monoisotopic (exact) mass is 300 g/mol. The molecule has 1 heterocycles. The number of hydrogen-bond donors (Lipinski definition) is 2. The van der Waals surface area contributed by atoms with Crippen LogP contribution in [0.1, 0.15) is 18.1 Å². The molecule has 116 valence electrons.